The number of hydrogen-bond donors (Lipinski definition) is 3. The van der Waals surface area contributed by atoms with Gasteiger partial charge in [0, 0.05) is 17.2 Å². The molecular weight excluding hydrogens is 499 g/mol. The second kappa shape index (κ2) is 10.3. The first-order valence-corrected chi connectivity index (χ1v) is 10.8. The molecule has 1 amide bonds. The van der Waals surface area contributed by atoms with Crippen molar-refractivity contribution < 1.29 is 41.3 Å². The molecule has 0 aliphatic rings. The summed E-state index contributed by atoms with van der Waals surface area (Å²) in [6.45, 7) is -0.633. The predicted molar refractivity (Wildman–Crippen MR) is 120 cm³/mol. The molecule has 3 N–H and O–H groups in total. The van der Waals surface area contributed by atoms with E-state index in [1.54, 1.807) is 12.1 Å². The highest BCUT2D eigenvalue weighted by molar-refractivity contribution is 5.94. The third kappa shape index (κ3) is 6.47. The van der Waals surface area contributed by atoms with E-state index in [9.17, 15) is 31.9 Å². The molecule has 1 atom stereocenters. The zero-order valence-electron chi connectivity index (χ0n) is 19.0. The van der Waals surface area contributed by atoms with Gasteiger partial charge in [-0.2, -0.15) is 9.78 Å². The Morgan fingerprint density at radius 1 is 1.00 bits per heavy atom. The second-order valence-electron chi connectivity index (χ2n) is 8.14. The lowest BCUT2D eigenvalue weighted by molar-refractivity contribution is -0.763. The predicted octanol–water partition coefficient (Wildman–Crippen LogP) is 3.86. The van der Waals surface area contributed by atoms with Gasteiger partial charge in [-0.15, -0.1) is 13.2 Å². The van der Waals surface area contributed by atoms with E-state index < -0.39 is 36.0 Å². The van der Waals surface area contributed by atoms with Crippen LogP contribution < -0.4 is 14.7 Å². The smallest absolute Gasteiger partial charge is 0.406 e. The quantitative estimate of drug-likeness (QED) is 0.244. The second-order valence-corrected chi connectivity index (χ2v) is 8.14. The monoisotopic (exact) mass is 519 g/mol. The van der Waals surface area contributed by atoms with Crippen LogP contribution in [0.3, 0.4) is 0 Å². The maximum Gasteiger partial charge on any atom is 0.573 e. The van der Waals surface area contributed by atoms with Gasteiger partial charge in [-0.25, -0.2) is 8.78 Å². The number of amides is 1. The molecule has 3 aromatic carbocycles. The Hall–Kier alpha value is -4.32. The molecule has 12 heteroatoms. The number of alkyl halides is 3. The molecule has 0 unspecified atom stereocenters. The van der Waals surface area contributed by atoms with E-state index in [4.69, 9.17) is 0 Å². The molecular formula is C25H20F5N4O3+. The maximum atomic E-state index is 14.5. The standard InChI is InChI=1S/C25H19F5N4O3/c26-19-7-10-21(22(27)11-19)24(36,13-34-15-31-14-33-34)12-32-23(35)18-3-1-16(2-4-18)17-5-8-20(9-6-17)37-25(28,29)30/h1-11,14-15,36H,12-13H2,(H,32,35)/p+1/t24-/m0/s1. The lowest BCUT2D eigenvalue weighted by atomic mass is 9.92. The number of carbonyl (C=O) groups excluding carboxylic acids is 1. The van der Waals surface area contributed by atoms with Crippen molar-refractivity contribution >= 4 is 5.91 Å². The molecule has 0 saturated carbocycles. The lowest BCUT2D eigenvalue weighted by Crippen LogP contribution is -2.52. The van der Waals surface area contributed by atoms with Gasteiger partial charge in [-0.05, 0) is 46.4 Å². The van der Waals surface area contributed by atoms with Crippen LogP contribution in [0.15, 0.2) is 79.4 Å². The molecule has 4 aromatic rings. The highest BCUT2D eigenvalue weighted by Gasteiger charge is 2.36. The van der Waals surface area contributed by atoms with Gasteiger partial charge in [0.05, 0.1) is 6.54 Å². The van der Waals surface area contributed by atoms with E-state index in [-0.39, 0.29) is 23.4 Å². The number of aromatic nitrogens is 3. The van der Waals surface area contributed by atoms with Crippen LogP contribution in [0.25, 0.3) is 11.1 Å². The van der Waals surface area contributed by atoms with Crippen LogP contribution >= 0.6 is 0 Å². The summed E-state index contributed by atoms with van der Waals surface area (Å²) in [5.74, 6) is -2.72. The number of ether oxygens (including phenoxy) is 1. The Morgan fingerprint density at radius 3 is 2.22 bits per heavy atom. The topological polar surface area (TPSA) is 91.1 Å². The number of benzene rings is 3. The van der Waals surface area contributed by atoms with Crippen LogP contribution in [-0.2, 0) is 12.1 Å². The van der Waals surface area contributed by atoms with Crippen LogP contribution in [0.4, 0.5) is 22.0 Å². The van der Waals surface area contributed by atoms with Gasteiger partial charge < -0.3 is 15.2 Å². The molecule has 1 heterocycles. The summed E-state index contributed by atoms with van der Waals surface area (Å²) in [6.07, 6.45) is -2.09. The normalized spacial score (nSPS) is 13.1. The first-order chi connectivity index (χ1) is 17.5. The minimum Gasteiger partial charge on any atom is -0.406 e. The largest absolute Gasteiger partial charge is 0.573 e. The SMILES string of the molecule is O=C(NC[C@](O)(C[n+]1cnc[nH]1)c1ccc(F)cc1F)c1ccc(-c2ccc(OC(F)(F)F)cc2)cc1. The highest BCUT2D eigenvalue weighted by Crippen LogP contribution is 2.27. The van der Waals surface area contributed by atoms with Gasteiger partial charge in [0.25, 0.3) is 5.91 Å². The van der Waals surface area contributed by atoms with Crippen molar-refractivity contribution in [3.8, 4) is 16.9 Å². The van der Waals surface area contributed by atoms with Gasteiger partial charge >= 0.3 is 12.7 Å². The zero-order valence-corrected chi connectivity index (χ0v) is 19.0. The number of aromatic amines is 1. The zero-order chi connectivity index (χ0) is 26.6. The molecule has 0 fully saturated rings. The molecule has 7 nitrogen and oxygen atoms in total. The van der Waals surface area contributed by atoms with Crippen LogP contribution in [0, 0.1) is 11.6 Å². The molecule has 0 bridgehead atoms. The minimum absolute atomic E-state index is 0.218. The van der Waals surface area contributed by atoms with E-state index in [1.165, 1.54) is 53.7 Å². The van der Waals surface area contributed by atoms with Gasteiger partial charge in [0.15, 0.2) is 0 Å². The number of aliphatic hydroxyl groups is 1. The first-order valence-electron chi connectivity index (χ1n) is 10.8. The lowest BCUT2D eigenvalue weighted by Gasteiger charge is -2.27. The Balaban J connectivity index is 1.47. The van der Waals surface area contributed by atoms with Crippen LogP contribution in [0.5, 0.6) is 5.75 Å². The van der Waals surface area contributed by atoms with Crippen molar-refractivity contribution in [2.75, 3.05) is 6.54 Å². The molecule has 0 spiro atoms. The molecule has 4 rings (SSSR count). The van der Waals surface area contributed by atoms with Crippen molar-refractivity contribution in [2.24, 2.45) is 0 Å². The Morgan fingerprint density at radius 2 is 1.65 bits per heavy atom. The number of nitrogens with zero attached hydrogens (tertiary/aromatic N) is 2. The van der Waals surface area contributed by atoms with Crippen molar-refractivity contribution in [1.82, 2.24) is 15.4 Å². The van der Waals surface area contributed by atoms with Gasteiger partial charge in [0.2, 0.25) is 6.33 Å². The third-order valence-electron chi connectivity index (χ3n) is 5.48. The number of H-pyrrole nitrogens is 1. The fourth-order valence-corrected chi connectivity index (χ4v) is 3.72. The Bertz CT molecular complexity index is 1360. The van der Waals surface area contributed by atoms with Gasteiger partial charge in [-0.1, -0.05) is 30.3 Å². The van der Waals surface area contributed by atoms with Gasteiger partial charge in [-0.3, -0.25) is 4.79 Å². The Kier molecular flexibility index (Phi) is 7.21. The summed E-state index contributed by atoms with van der Waals surface area (Å²) < 4.78 is 70.2. The Labute approximate surface area is 207 Å². The van der Waals surface area contributed by atoms with E-state index in [0.717, 1.165) is 12.1 Å². The van der Waals surface area contributed by atoms with Crippen molar-refractivity contribution in [3.63, 3.8) is 0 Å². The fourth-order valence-electron chi connectivity index (χ4n) is 3.72. The molecule has 0 saturated heterocycles. The number of halogens is 5. The summed E-state index contributed by atoms with van der Waals surface area (Å²) in [6, 6.07) is 14.2. The van der Waals surface area contributed by atoms with E-state index >= 15 is 0 Å². The van der Waals surface area contributed by atoms with Gasteiger partial charge in [0.1, 0.15) is 29.5 Å². The van der Waals surface area contributed by atoms with E-state index in [2.05, 4.69) is 20.1 Å². The molecule has 0 radical (unpaired) electrons. The first kappa shape index (κ1) is 25.8. The van der Waals surface area contributed by atoms with E-state index in [1.807, 2.05) is 0 Å². The van der Waals surface area contributed by atoms with Crippen LogP contribution in [0.1, 0.15) is 15.9 Å². The summed E-state index contributed by atoms with van der Waals surface area (Å²) in [5.41, 5.74) is -0.721. The van der Waals surface area contributed by atoms with Crippen molar-refractivity contribution in [3.05, 3.63) is 102 Å². The summed E-state index contributed by atoms with van der Waals surface area (Å²) in [5, 5.41) is 16.6. The highest BCUT2D eigenvalue weighted by atomic mass is 19.4. The number of hydrogen-bond acceptors (Lipinski definition) is 4. The minimum atomic E-state index is -4.79. The molecule has 0 aliphatic carbocycles. The number of rotatable bonds is 8. The van der Waals surface area contributed by atoms with Crippen molar-refractivity contribution in [2.45, 2.75) is 18.5 Å². The van der Waals surface area contributed by atoms with Crippen LogP contribution in [0.2, 0.25) is 0 Å². The third-order valence-corrected chi connectivity index (χ3v) is 5.48. The number of carbonyl (C=O) groups is 1. The molecule has 0 aliphatic heterocycles. The van der Waals surface area contributed by atoms with Crippen molar-refractivity contribution in [1.29, 1.82) is 0 Å². The maximum absolute atomic E-state index is 14.5. The van der Waals surface area contributed by atoms with Crippen LogP contribution in [-0.4, -0.2) is 34.0 Å². The molecule has 1 aromatic heterocycles. The summed E-state index contributed by atoms with van der Waals surface area (Å²) >= 11 is 0. The number of nitrogens with one attached hydrogen (secondary N) is 2. The molecule has 37 heavy (non-hydrogen) atoms. The van der Waals surface area contributed by atoms with E-state index in [0.29, 0.717) is 17.2 Å². The summed E-state index contributed by atoms with van der Waals surface area (Å²) in [7, 11) is 0. The average Bonchev–Trinajstić information content (AvgIpc) is 3.35. The summed E-state index contributed by atoms with van der Waals surface area (Å²) in [4.78, 5) is 16.6. The average molecular weight is 519 g/mol. The fraction of sp³-hybridized carbons (Fsp3) is 0.160. The molecule has 192 valence electrons.